The van der Waals surface area contributed by atoms with E-state index in [1.54, 1.807) is 0 Å². The van der Waals surface area contributed by atoms with E-state index in [-0.39, 0.29) is 23.9 Å². The fraction of sp³-hybridized carbons (Fsp3) is 0.364. The van der Waals surface area contributed by atoms with E-state index in [2.05, 4.69) is 13.8 Å². The van der Waals surface area contributed by atoms with Crippen LogP contribution in [0.5, 0.6) is 0 Å². The van der Waals surface area contributed by atoms with Crippen molar-refractivity contribution in [2.45, 2.75) is 38.8 Å². The molecule has 0 aromatic heterocycles. The van der Waals surface area contributed by atoms with E-state index >= 15 is 0 Å². The van der Waals surface area contributed by atoms with E-state index in [1.807, 2.05) is 70.5 Å². The van der Waals surface area contributed by atoms with Crippen molar-refractivity contribution in [2.75, 3.05) is 13.1 Å². The zero-order valence-electron chi connectivity index (χ0n) is 15.5. The van der Waals surface area contributed by atoms with Crippen molar-refractivity contribution in [1.29, 1.82) is 0 Å². The van der Waals surface area contributed by atoms with Crippen LogP contribution >= 0.6 is 0 Å². The molecule has 0 radical (unpaired) electrons. The lowest BCUT2D eigenvalue weighted by Crippen LogP contribution is -2.61. The molecule has 4 nitrogen and oxygen atoms in total. The molecule has 1 heterocycles. The summed E-state index contributed by atoms with van der Waals surface area (Å²) in [6, 6.07) is 18.9. The maximum Gasteiger partial charge on any atom is 0.254 e. The predicted octanol–water partition coefficient (Wildman–Crippen LogP) is 3.84. The normalized spacial score (nSPS) is 20.1. The number of nitrogens with zero attached hydrogens (tertiary/aromatic N) is 2. The fourth-order valence-corrected chi connectivity index (χ4v) is 3.64. The number of hydrogen-bond acceptors (Lipinski definition) is 2. The molecule has 0 bridgehead atoms. The van der Waals surface area contributed by atoms with Gasteiger partial charge in [-0.1, -0.05) is 50.2 Å². The molecule has 0 saturated carbocycles. The third-order valence-corrected chi connectivity index (χ3v) is 5.20. The van der Waals surface area contributed by atoms with E-state index in [1.165, 1.54) is 0 Å². The molecule has 2 unspecified atom stereocenters. The minimum absolute atomic E-state index is 0.0400. The Balaban J connectivity index is 1.83. The fourth-order valence-electron chi connectivity index (χ4n) is 3.64. The van der Waals surface area contributed by atoms with Gasteiger partial charge in [0.05, 0.1) is 0 Å². The van der Waals surface area contributed by atoms with Crippen LogP contribution in [0.15, 0.2) is 60.7 Å². The first-order chi connectivity index (χ1) is 12.7. The van der Waals surface area contributed by atoms with Gasteiger partial charge in [0, 0.05) is 36.3 Å². The first-order valence-corrected chi connectivity index (χ1v) is 9.37. The molecule has 2 atom stereocenters. The number of piperazine rings is 1. The molecule has 2 aromatic carbocycles. The number of amides is 2. The minimum atomic E-state index is 0.0400. The number of rotatable bonds is 4. The minimum Gasteiger partial charge on any atom is -0.332 e. The lowest BCUT2D eigenvalue weighted by atomic mass is 9.99. The second-order valence-corrected chi connectivity index (χ2v) is 6.77. The summed E-state index contributed by atoms with van der Waals surface area (Å²) < 4.78 is 0. The number of benzene rings is 2. The summed E-state index contributed by atoms with van der Waals surface area (Å²) >= 11 is 0. The van der Waals surface area contributed by atoms with Crippen molar-refractivity contribution in [3.8, 4) is 0 Å². The van der Waals surface area contributed by atoms with Gasteiger partial charge < -0.3 is 9.80 Å². The summed E-state index contributed by atoms with van der Waals surface area (Å²) in [5.41, 5.74) is 1.42. The van der Waals surface area contributed by atoms with Gasteiger partial charge in [-0.3, -0.25) is 9.59 Å². The smallest absolute Gasteiger partial charge is 0.254 e. The van der Waals surface area contributed by atoms with Gasteiger partial charge in [0.15, 0.2) is 0 Å². The van der Waals surface area contributed by atoms with Gasteiger partial charge in [0.2, 0.25) is 0 Å². The van der Waals surface area contributed by atoms with Gasteiger partial charge in [-0.05, 0) is 37.1 Å². The molecule has 0 aliphatic carbocycles. The molecule has 0 spiro atoms. The molecule has 136 valence electrons. The molecular formula is C22H26N2O2. The highest BCUT2D eigenvalue weighted by atomic mass is 16.2. The molecule has 1 saturated heterocycles. The monoisotopic (exact) mass is 350 g/mol. The van der Waals surface area contributed by atoms with E-state index in [4.69, 9.17) is 0 Å². The van der Waals surface area contributed by atoms with Crippen LogP contribution in [0.1, 0.15) is 47.4 Å². The van der Waals surface area contributed by atoms with Crippen LogP contribution < -0.4 is 0 Å². The molecule has 1 aliphatic rings. The Hall–Kier alpha value is -2.62. The van der Waals surface area contributed by atoms with Gasteiger partial charge in [-0.2, -0.15) is 0 Å². The van der Waals surface area contributed by atoms with Gasteiger partial charge >= 0.3 is 0 Å². The lowest BCUT2D eigenvalue weighted by molar-refractivity contribution is 0.0191. The van der Waals surface area contributed by atoms with Crippen LogP contribution in [0.25, 0.3) is 0 Å². The Kier molecular flexibility index (Phi) is 5.71. The molecule has 1 fully saturated rings. The number of carbonyl (C=O) groups excluding carboxylic acids is 2. The Morgan fingerprint density at radius 2 is 1.08 bits per heavy atom. The van der Waals surface area contributed by atoms with Crippen molar-refractivity contribution in [3.63, 3.8) is 0 Å². The number of carbonyl (C=O) groups is 2. The van der Waals surface area contributed by atoms with Crippen molar-refractivity contribution in [1.82, 2.24) is 9.80 Å². The van der Waals surface area contributed by atoms with Crippen molar-refractivity contribution < 1.29 is 9.59 Å². The first-order valence-electron chi connectivity index (χ1n) is 9.37. The second kappa shape index (κ2) is 8.17. The second-order valence-electron chi connectivity index (χ2n) is 6.77. The van der Waals surface area contributed by atoms with Crippen molar-refractivity contribution in [2.24, 2.45) is 0 Å². The molecule has 2 amide bonds. The third kappa shape index (κ3) is 3.64. The average molecular weight is 350 g/mol. The van der Waals surface area contributed by atoms with Crippen LogP contribution in [-0.4, -0.2) is 46.8 Å². The van der Waals surface area contributed by atoms with Gasteiger partial charge in [-0.15, -0.1) is 0 Å². The van der Waals surface area contributed by atoms with E-state index in [0.29, 0.717) is 24.2 Å². The maximum atomic E-state index is 13.0. The summed E-state index contributed by atoms with van der Waals surface area (Å²) in [7, 11) is 0. The van der Waals surface area contributed by atoms with E-state index < -0.39 is 0 Å². The molecule has 1 aliphatic heterocycles. The quantitative estimate of drug-likeness (QED) is 0.840. The Morgan fingerprint density at radius 3 is 1.38 bits per heavy atom. The topological polar surface area (TPSA) is 40.6 Å². The van der Waals surface area contributed by atoms with Crippen LogP contribution in [0.3, 0.4) is 0 Å². The zero-order chi connectivity index (χ0) is 18.5. The SMILES string of the molecule is CCC1CN(C(=O)c2ccccc2)C(CC)CN1C(=O)c1ccccc1. The molecule has 26 heavy (non-hydrogen) atoms. The van der Waals surface area contributed by atoms with Crippen molar-refractivity contribution in [3.05, 3.63) is 71.8 Å². The molecule has 0 N–H and O–H groups in total. The number of hydrogen-bond donors (Lipinski definition) is 0. The highest BCUT2D eigenvalue weighted by Crippen LogP contribution is 2.24. The van der Waals surface area contributed by atoms with Crippen molar-refractivity contribution >= 4 is 11.8 Å². The molecule has 4 heteroatoms. The summed E-state index contributed by atoms with van der Waals surface area (Å²) in [4.78, 5) is 29.9. The average Bonchev–Trinajstić information content (AvgIpc) is 2.73. The van der Waals surface area contributed by atoms with E-state index in [9.17, 15) is 9.59 Å². The highest BCUT2D eigenvalue weighted by Gasteiger charge is 2.37. The van der Waals surface area contributed by atoms with Crippen LogP contribution in [0, 0.1) is 0 Å². The molecule has 3 rings (SSSR count). The van der Waals surface area contributed by atoms with Crippen LogP contribution in [0.4, 0.5) is 0 Å². The van der Waals surface area contributed by atoms with E-state index in [0.717, 1.165) is 12.8 Å². The molecule has 2 aromatic rings. The third-order valence-electron chi connectivity index (χ3n) is 5.20. The summed E-state index contributed by atoms with van der Waals surface area (Å²) in [6.45, 7) is 5.32. The largest absolute Gasteiger partial charge is 0.332 e. The van der Waals surface area contributed by atoms with Crippen LogP contribution in [-0.2, 0) is 0 Å². The zero-order valence-corrected chi connectivity index (χ0v) is 15.5. The summed E-state index contributed by atoms with van der Waals surface area (Å²) in [5, 5.41) is 0. The Bertz CT molecular complexity index is 680. The highest BCUT2D eigenvalue weighted by molar-refractivity contribution is 5.96. The summed E-state index contributed by atoms with van der Waals surface area (Å²) in [5.74, 6) is 0.116. The first kappa shape index (κ1) is 18.2. The van der Waals surface area contributed by atoms with Gasteiger partial charge in [0.1, 0.15) is 0 Å². The Labute approximate surface area is 155 Å². The predicted molar refractivity (Wildman–Crippen MR) is 103 cm³/mol. The summed E-state index contributed by atoms with van der Waals surface area (Å²) in [6.07, 6.45) is 1.65. The standard InChI is InChI=1S/C22H26N2O2/c1-3-19-15-24(22(26)18-13-9-6-10-14-18)20(4-2)16-23(19)21(25)17-11-7-5-8-12-17/h5-14,19-20H,3-4,15-16H2,1-2H3. The maximum absolute atomic E-state index is 13.0. The van der Waals surface area contributed by atoms with Gasteiger partial charge in [-0.25, -0.2) is 0 Å². The Morgan fingerprint density at radius 1 is 0.731 bits per heavy atom. The van der Waals surface area contributed by atoms with Gasteiger partial charge in [0.25, 0.3) is 11.8 Å². The lowest BCUT2D eigenvalue weighted by Gasteiger charge is -2.46. The van der Waals surface area contributed by atoms with Crippen LogP contribution in [0.2, 0.25) is 0 Å². The molecular weight excluding hydrogens is 324 g/mol.